The predicted octanol–water partition coefficient (Wildman–Crippen LogP) is 3.65. The number of aromatic nitrogens is 2. The topological polar surface area (TPSA) is 105 Å². The third-order valence-electron chi connectivity index (χ3n) is 5.74. The van der Waals surface area contributed by atoms with E-state index < -0.39 is 10.0 Å². The summed E-state index contributed by atoms with van der Waals surface area (Å²) in [6, 6.07) is 14.3. The minimum atomic E-state index is -3.69. The number of hydrogen-bond acceptors (Lipinski definition) is 6. The molecule has 1 aliphatic heterocycles. The summed E-state index contributed by atoms with van der Waals surface area (Å²) in [6.45, 7) is 4.31. The average Bonchev–Trinajstić information content (AvgIpc) is 3.26. The quantitative estimate of drug-likeness (QED) is 0.610. The van der Waals surface area contributed by atoms with Gasteiger partial charge in [0.2, 0.25) is 27.6 Å². The lowest BCUT2D eigenvalue weighted by Gasteiger charge is -2.30. The summed E-state index contributed by atoms with van der Waals surface area (Å²) in [4.78, 5) is 17.1. The van der Waals surface area contributed by atoms with Gasteiger partial charge in [0.1, 0.15) is 0 Å². The fourth-order valence-electron chi connectivity index (χ4n) is 3.90. The van der Waals surface area contributed by atoms with Crippen LogP contribution in [0.15, 0.2) is 57.9 Å². The molecule has 0 atom stereocenters. The Bertz CT molecular complexity index is 1210. The predicted molar refractivity (Wildman–Crippen MR) is 120 cm³/mol. The summed E-state index contributed by atoms with van der Waals surface area (Å²) in [6.07, 6.45) is 1.78. The molecule has 9 heteroatoms. The number of rotatable bonds is 6. The normalized spacial score (nSPS) is 15.6. The second-order valence-electron chi connectivity index (χ2n) is 7.84. The molecule has 1 amide bonds. The second-order valence-corrected chi connectivity index (χ2v) is 9.78. The van der Waals surface area contributed by atoms with Gasteiger partial charge in [0.15, 0.2) is 0 Å². The lowest BCUT2D eigenvalue weighted by atomic mass is 9.97. The molecule has 3 aromatic rings. The molecule has 0 aliphatic carbocycles. The first-order chi connectivity index (χ1) is 15.4. The molecule has 1 fully saturated rings. The number of anilines is 1. The Kier molecular flexibility index (Phi) is 6.38. The van der Waals surface area contributed by atoms with Gasteiger partial charge < -0.3 is 9.84 Å². The summed E-state index contributed by atoms with van der Waals surface area (Å²) in [7, 11) is -3.69. The molecule has 32 heavy (non-hydrogen) atoms. The minimum Gasteiger partial charge on any atom is -0.339 e. The molecular formula is C23H26N4O4S. The lowest BCUT2D eigenvalue weighted by molar-refractivity contribution is -0.120. The third kappa shape index (κ3) is 4.58. The van der Waals surface area contributed by atoms with Crippen LogP contribution in [0.2, 0.25) is 0 Å². The number of carbonyl (C=O) groups excluding carboxylic acids is 1. The number of benzene rings is 2. The maximum Gasteiger partial charge on any atom is 0.243 e. The number of carbonyl (C=O) groups is 1. The summed E-state index contributed by atoms with van der Waals surface area (Å²) in [5.74, 6) is 0.481. The Labute approximate surface area is 187 Å². The van der Waals surface area contributed by atoms with Crippen molar-refractivity contribution in [3.8, 4) is 11.4 Å². The summed E-state index contributed by atoms with van der Waals surface area (Å²) in [5.41, 5.74) is 2.48. The molecule has 0 unspecified atom stereocenters. The highest BCUT2D eigenvalue weighted by Crippen LogP contribution is 2.27. The van der Waals surface area contributed by atoms with E-state index in [1.807, 2.05) is 31.2 Å². The van der Waals surface area contributed by atoms with Crippen LogP contribution >= 0.6 is 0 Å². The van der Waals surface area contributed by atoms with Gasteiger partial charge >= 0.3 is 0 Å². The number of amides is 1. The van der Waals surface area contributed by atoms with Gasteiger partial charge in [-0.3, -0.25) is 4.79 Å². The van der Waals surface area contributed by atoms with Crippen molar-refractivity contribution < 1.29 is 17.7 Å². The zero-order valence-electron chi connectivity index (χ0n) is 18.1. The first kappa shape index (κ1) is 22.2. The largest absolute Gasteiger partial charge is 0.339 e. The van der Waals surface area contributed by atoms with E-state index in [0.29, 0.717) is 43.2 Å². The number of piperidine rings is 1. The minimum absolute atomic E-state index is 0.0579. The highest BCUT2D eigenvalue weighted by Gasteiger charge is 2.32. The second kappa shape index (κ2) is 9.22. The number of nitrogens with zero attached hydrogens (tertiary/aromatic N) is 3. The fourth-order valence-corrected chi connectivity index (χ4v) is 5.42. The zero-order chi connectivity index (χ0) is 22.7. The highest BCUT2D eigenvalue weighted by atomic mass is 32.2. The highest BCUT2D eigenvalue weighted by molar-refractivity contribution is 7.89. The molecule has 0 radical (unpaired) electrons. The molecule has 8 nitrogen and oxygen atoms in total. The van der Waals surface area contributed by atoms with Crippen LogP contribution in [-0.2, 0) is 21.2 Å². The lowest BCUT2D eigenvalue weighted by Crippen LogP contribution is -2.41. The van der Waals surface area contributed by atoms with Crippen molar-refractivity contribution in [2.45, 2.75) is 38.0 Å². The molecule has 1 saturated heterocycles. The van der Waals surface area contributed by atoms with Crippen LogP contribution in [-0.4, -0.2) is 41.9 Å². The number of hydrogen-bond donors (Lipinski definition) is 1. The van der Waals surface area contributed by atoms with E-state index in [1.54, 1.807) is 31.2 Å². The van der Waals surface area contributed by atoms with Crippen LogP contribution in [0, 0.1) is 12.8 Å². The van der Waals surface area contributed by atoms with Gasteiger partial charge in [0.05, 0.1) is 4.90 Å². The van der Waals surface area contributed by atoms with E-state index in [2.05, 4.69) is 15.5 Å². The first-order valence-corrected chi connectivity index (χ1v) is 12.1. The fraction of sp³-hybridized carbons (Fsp3) is 0.348. The van der Waals surface area contributed by atoms with E-state index in [9.17, 15) is 13.2 Å². The SMILES string of the molecule is CCc1ccccc1NC(=O)C1CCN(S(=O)(=O)c2cccc(-c3noc(C)n3)c2)CC1. The molecule has 0 saturated carbocycles. The van der Waals surface area contributed by atoms with Crippen LogP contribution in [0.5, 0.6) is 0 Å². The monoisotopic (exact) mass is 454 g/mol. The summed E-state index contributed by atoms with van der Waals surface area (Å²) >= 11 is 0. The molecule has 0 spiro atoms. The maximum absolute atomic E-state index is 13.2. The molecule has 0 bridgehead atoms. The van der Waals surface area contributed by atoms with Crippen LogP contribution in [0.3, 0.4) is 0 Å². The molecular weight excluding hydrogens is 428 g/mol. The molecule has 4 rings (SSSR count). The van der Waals surface area contributed by atoms with Crippen molar-refractivity contribution >= 4 is 21.6 Å². The van der Waals surface area contributed by atoms with Crippen LogP contribution in [0.25, 0.3) is 11.4 Å². The van der Waals surface area contributed by atoms with Crippen molar-refractivity contribution in [1.29, 1.82) is 0 Å². The molecule has 1 aliphatic rings. The van der Waals surface area contributed by atoms with Gasteiger partial charge in [0.25, 0.3) is 0 Å². The van der Waals surface area contributed by atoms with Gasteiger partial charge in [-0.05, 0) is 43.0 Å². The van der Waals surface area contributed by atoms with Crippen LogP contribution in [0.4, 0.5) is 5.69 Å². The Hall–Kier alpha value is -3.04. The van der Waals surface area contributed by atoms with Crippen molar-refractivity contribution in [1.82, 2.24) is 14.4 Å². The molecule has 1 aromatic heterocycles. The Balaban J connectivity index is 1.43. The van der Waals surface area contributed by atoms with Crippen molar-refractivity contribution in [3.63, 3.8) is 0 Å². The molecule has 2 aromatic carbocycles. The van der Waals surface area contributed by atoms with E-state index in [1.165, 1.54) is 4.31 Å². The summed E-state index contributed by atoms with van der Waals surface area (Å²) in [5, 5.41) is 6.87. The van der Waals surface area contributed by atoms with Crippen molar-refractivity contribution in [2.75, 3.05) is 18.4 Å². The average molecular weight is 455 g/mol. The Morgan fingerprint density at radius 3 is 2.59 bits per heavy atom. The van der Waals surface area contributed by atoms with Gasteiger partial charge in [-0.25, -0.2) is 8.42 Å². The van der Waals surface area contributed by atoms with Gasteiger partial charge in [0, 0.05) is 37.2 Å². The number of nitrogens with one attached hydrogen (secondary N) is 1. The van der Waals surface area contributed by atoms with Crippen LogP contribution < -0.4 is 5.32 Å². The number of sulfonamides is 1. The number of para-hydroxylation sites is 1. The van der Waals surface area contributed by atoms with Crippen molar-refractivity contribution in [3.05, 3.63) is 60.0 Å². The van der Waals surface area contributed by atoms with E-state index in [4.69, 9.17) is 4.52 Å². The number of aryl methyl sites for hydroxylation is 2. The molecule has 1 N–H and O–H groups in total. The van der Waals surface area contributed by atoms with Crippen LogP contribution in [0.1, 0.15) is 31.2 Å². The summed E-state index contributed by atoms with van der Waals surface area (Å²) < 4.78 is 32.8. The third-order valence-corrected chi connectivity index (χ3v) is 7.63. The zero-order valence-corrected chi connectivity index (χ0v) is 18.9. The van der Waals surface area contributed by atoms with E-state index in [0.717, 1.165) is 17.7 Å². The molecule has 2 heterocycles. The molecule has 168 valence electrons. The smallest absolute Gasteiger partial charge is 0.243 e. The standard InChI is InChI=1S/C23H26N4O4S/c1-3-17-7-4-5-10-21(17)25-23(28)18-11-13-27(14-12-18)32(29,30)20-9-6-8-19(15-20)22-24-16(2)31-26-22/h4-10,15,18H,3,11-14H2,1-2H3,(H,25,28). The van der Waals surface area contributed by atoms with Crippen molar-refractivity contribution in [2.24, 2.45) is 5.92 Å². The van der Waals surface area contributed by atoms with Gasteiger partial charge in [-0.1, -0.05) is 42.4 Å². The van der Waals surface area contributed by atoms with Gasteiger partial charge in [-0.2, -0.15) is 9.29 Å². The Morgan fingerprint density at radius 2 is 1.91 bits per heavy atom. The van der Waals surface area contributed by atoms with E-state index in [-0.39, 0.29) is 16.7 Å². The first-order valence-electron chi connectivity index (χ1n) is 10.7. The van der Waals surface area contributed by atoms with E-state index >= 15 is 0 Å². The Morgan fingerprint density at radius 1 is 1.16 bits per heavy atom. The van der Waals surface area contributed by atoms with Gasteiger partial charge in [-0.15, -0.1) is 0 Å². The maximum atomic E-state index is 13.2.